The Kier molecular flexibility index (Phi) is 7.03. The molecule has 7 rings (SSSR count). The fraction of sp³-hybridized carbons (Fsp3) is 0.529. The lowest BCUT2D eigenvalue weighted by Gasteiger charge is -2.28. The Bertz CT molecular complexity index is 1490. The van der Waals surface area contributed by atoms with Crippen LogP contribution in [0.3, 0.4) is 0 Å². The zero-order chi connectivity index (χ0) is 29.0. The Hall–Kier alpha value is -3.68. The van der Waals surface area contributed by atoms with Gasteiger partial charge in [-0.05, 0) is 130 Å². The van der Waals surface area contributed by atoms with Crippen LogP contribution in [0.1, 0.15) is 109 Å². The lowest BCUT2D eigenvalue weighted by atomic mass is 9.88. The van der Waals surface area contributed by atoms with Crippen molar-refractivity contribution in [1.29, 1.82) is 0 Å². The lowest BCUT2D eigenvalue weighted by molar-refractivity contribution is -0.119. The Labute approximate surface area is 247 Å². The van der Waals surface area contributed by atoms with E-state index in [4.69, 9.17) is 4.74 Å². The van der Waals surface area contributed by atoms with Crippen LogP contribution < -0.4 is 15.4 Å². The van der Waals surface area contributed by atoms with Gasteiger partial charge in [0.25, 0.3) is 5.91 Å². The number of ether oxygens (including phenoxy) is 1. The maximum Gasteiger partial charge on any atom is 0.270 e. The van der Waals surface area contributed by atoms with Gasteiger partial charge >= 0.3 is 0 Å². The number of pyridine rings is 1. The number of amides is 2. The molecule has 2 atom stereocenters. The van der Waals surface area contributed by atoms with Crippen molar-refractivity contribution in [3.05, 3.63) is 70.7 Å². The van der Waals surface area contributed by atoms with Crippen LogP contribution in [-0.4, -0.2) is 39.7 Å². The first-order chi connectivity index (χ1) is 20.4. The maximum absolute atomic E-state index is 13.9. The van der Waals surface area contributed by atoms with E-state index < -0.39 is 6.04 Å². The third-order valence-electron chi connectivity index (χ3n) is 9.68. The molecule has 1 aromatic carbocycles. The molecule has 2 heterocycles. The van der Waals surface area contributed by atoms with E-state index in [2.05, 4.69) is 38.9 Å². The van der Waals surface area contributed by atoms with E-state index >= 15 is 0 Å². The molecule has 2 amide bonds. The van der Waals surface area contributed by atoms with Crippen LogP contribution in [0, 0.1) is 17.8 Å². The zero-order valence-electron chi connectivity index (χ0n) is 24.8. The number of rotatable bonds is 11. The molecule has 8 nitrogen and oxygen atoms in total. The number of hydrogen-bond donors (Lipinski definition) is 2. The normalized spacial score (nSPS) is 20.5. The predicted octanol–water partition coefficient (Wildman–Crippen LogP) is 6.00. The van der Waals surface area contributed by atoms with Crippen molar-refractivity contribution >= 4 is 17.5 Å². The molecule has 0 radical (unpaired) electrons. The molecule has 2 aromatic heterocycles. The number of carbonyl (C=O) groups excluding carboxylic acids is 2. The number of nitrogens with zero attached hydrogens (tertiary/aromatic N) is 3. The first-order valence-electron chi connectivity index (χ1n) is 15.7. The van der Waals surface area contributed by atoms with Crippen molar-refractivity contribution < 1.29 is 14.3 Å². The quantitative estimate of drug-likeness (QED) is 0.296. The van der Waals surface area contributed by atoms with Gasteiger partial charge in [-0.2, -0.15) is 5.10 Å². The number of benzene rings is 1. The van der Waals surface area contributed by atoms with Crippen molar-refractivity contribution in [3.8, 4) is 5.88 Å². The van der Waals surface area contributed by atoms with Gasteiger partial charge in [0, 0.05) is 35.6 Å². The average molecular weight is 568 g/mol. The van der Waals surface area contributed by atoms with Crippen LogP contribution in [0.15, 0.2) is 42.7 Å². The molecule has 4 aliphatic rings. The standard InChI is InChI=1S/C34H41N5O3/c1-19(2)39-29(14-15-36-39)32(40)38-31(30(21-6-7-21)22-8-9-22)33(41)37-25-11-13-26-23(16-25)10-12-27(26)28-17-24(20-4-5-20)18-35-34(28)42-3/h11,13-22,27,30-31H,4-10,12H2,1-3H3,(H,37,41)(H,38,40)/t27?,31-/m0/s1. The van der Waals surface area contributed by atoms with Gasteiger partial charge in [-0.1, -0.05) is 6.07 Å². The Morgan fingerprint density at radius 1 is 0.976 bits per heavy atom. The number of methoxy groups -OCH3 is 1. The van der Waals surface area contributed by atoms with Crippen LogP contribution in [-0.2, 0) is 11.2 Å². The van der Waals surface area contributed by atoms with Crippen LogP contribution >= 0.6 is 0 Å². The Balaban J connectivity index is 1.12. The molecule has 0 aliphatic heterocycles. The van der Waals surface area contributed by atoms with Crippen molar-refractivity contribution in [3.63, 3.8) is 0 Å². The molecular formula is C34H41N5O3. The van der Waals surface area contributed by atoms with Crippen LogP contribution in [0.25, 0.3) is 0 Å². The van der Waals surface area contributed by atoms with E-state index in [0.29, 0.717) is 29.3 Å². The van der Waals surface area contributed by atoms with Gasteiger partial charge in [-0.3, -0.25) is 14.3 Å². The van der Waals surface area contributed by atoms with Crippen molar-refractivity contribution in [2.45, 2.75) is 89.1 Å². The fourth-order valence-corrected chi connectivity index (χ4v) is 7.13. The summed E-state index contributed by atoms with van der Waals surface area (Å²) >= 11 is 0. The average Bonchev–Trinajstić information content (AvgIpc) is 3.90. The molecule has 3 saturated carbocycles. The third kappa shape index (κ3) is 5.32. The molecule has 0 bridgehead atoms. The molecule has 3 fully saturated rings. The van der Waals surface area contributed by atoms with Gasteiger partial charge in [0.15, 0.2) is 0 Å². The Morgan fingerprint density at radius 3 is 2.40 bits per heavy atom. The highest BCUT2D eigenvalue weighted by molar-refractivity contribution is 6.01. The molecule has 220 valence electrons. The van der Waals surface area contributed by atoms with Gasteiger partial charge in [0.05, 0.1) is 7.11 Å². The van der Waals surface area contributed by atoms with Gasteiger partial charge in [0.1, 0.15) is 11.7 Å². The van der Waals surface area contributed by atoms with Crippen LogP contribution in [0.2, 0.25) is 0 Å². The summed E-state index contributed by atoms with van der Waals surface area (Å²) in [6.07, 6.45) is 12.5. The second-order valence-electron chi connectivity index (χ2n) is 13.1. The van der Waals surface area contributed by atoms with Gasteiger partial charge in [-0.25, -0.2) is 4.98 Å². The minimum Gasteiger partial charge on any atom is -0.481 e. The van der Waals surface area contributed by atoms with Gasteiger partial charge in [0.2, 0.25) is 11.8 Å². The highest BCUT2D eigenvalue weighted by atomic mass is 16.5. The maximum atomic E-state index is 13.9. The summed E-state index contributed by atoms with van der Waals surface area (Å²) in [4.78, 5) is 32.1. The molecule has 2 N–H and O–H groups in total. The highest BCUT2D eigenvalue weighted by Gasteiger charge is 2.48. The second-order valence-corrected chi connectivity index (χ2v) is 13.1. The first kappa shape index (κ1) is 27.2. The van der Waals surface area contributed by atoms with Crippen molar-refractivity contribution in [1.82, 2.24) is 20.1 Å². The summed E-state index contributed by atoms with van der Waals surface area (Å²) < 4.78 is 7.39. The lowest BCUT2D eigenvalue weighted by Crippen LogP contribution is -2.50. The number of nitrogens with one attached hydrogen (secondary N) is 2. The summed E-state index contributed by atoms with van der Waals surface area (Å²) in [6.45, 7) is 4.00. The van der Waals surface area contributed by atoms with Crippen molar-refractivity contribution in [2.24, 2.45) is 17.8 Å². The Morgan fingerprint density at radius 2 is 1.74 bits per heavy atom. The highest BCUT2D eigenvalue weighted by Crippen LogP contribution is 2.51. The summed E-state index contributed by atoms with van der Waals surface area (Å²) in [5.41, 5.74) is 6.28. The largest absolute Gasteiger partial charge is 0.481 e. The smallest absolute Gasteiger partial charge is 0.270 e. The molecule has 4 aliphatic carbocycles. The predicted molar refractivity (Wildman–Crippen MR) is 161 cm³/mol. The summed E-state index contributed by atoms with van der Waals surface area (Å²) in [6, 6.07) is 9.79. The van der Waals surface area contributed by atoms with Crippen LogP contribution in [0.5, 0.6) is 5.88 Å². The minimum atomic E-state index is -0.575. The van der Waals surface area contributed by atoms with Crippen molar-refractivity contribution in [2.75, 3.05) is 12.4 Å². The van der Waals surface area contributed by atoms with E-state index in [0.717, 1.165) is 49.8 Å². The molecular weight excluding hydrogens is 526 g/mol. The monoisotopic (exact) mass is 567 g/mol. The number of aryl methyl sites for hydroxylation is 1. The SMILES string of the molecule is COc1ncc(C2CC2)cc1C1CCc2cc(NC(=O)[C@@H](NC(=O)c3ccnn3C(C)C)C(C3CC3)C3CC3)ccc21. The number of aromatic nitrogens is 3. The van der Waals surface area contributed by atoms with Gasteiger partial charge < -0.3 is 15.4 Å². The number of hydrogen-bond acceptors (Lipinski definition) is 5. The summed E-state index contributed by atoms with van der Waals surface area (Å²) in [5, 5.41) is 10.7. The van der Waals surface area contributed by atoms with E-state index in [9.17, 15) is 9.59 Å². The topological polar surface area (TPSA) is 98.1 Å². The van der Waals surface area contributed by atoms with E-state index in [-0.39, 0.29) is 29.7 Å². The molecule has 3 aromatic rings. The third-order valence-corrected chi connectivity index (χ3v) is 9.68. The molecule has 0 saturated heterocycles. The van der Waals surface area contributed by atoms with Crippen LogP contribution in [0.4, 0.5) is 5.69 Å². The van der Waals surface area contributed by atoms with E-state index in [1.807, 2.05) is 26.1 Å². The first-order valence-corrected chi connectivity index (χ1v) is 15.7. The minimum absolute atomic E-state index is 0.0536. The number of carbonyl (C=O) groups is 2. The zero-order valence-corrected chi connectivity index (χ0v) is 24.8. The summed E-state index contributed by atoms with van der Waals surface area (Å²) in [7, 11) is 1.69. The summed E-state index contributed by atoms with van der Waals surface area (Å²) in [5.74, 6) is 2.38. The number of fused-ring (bicyclic) bond motifs is 1. The molecule has 1 unspecified atom stereocenters. The van der Waals surface area contributed by atoms with E-state index in [1.165, 1.54) is 29.5 Å². The number of anilines is 1. The molecule has 8 heteroatoms. The fourth-order valence-electron chi connectivity index (χ4n) is 7.13. The van der Waals surface area contributed by atoms with E-state index in [1.54, 1.807) is 24.1 Å². The second kappa shape index (κ2) is 10.9. The molecule has 0 spiro atoms. The molecule has 42 heavy (non-hydrogen) atoms. The van der Waals surface area contributed by atoms with Gasteiger partial charge in [-0.15, -0.1) is 0 Å².